The third kappa shape index (κ3) is 5.74. The van der Waals surface area contributed by atoms with Crippen LogP contribution in [0.1, 0.15) is 42.0 Å². The molecule has 0 spiro atoms. The SMILES string of the molecule is CC1=CCC=N1.O=[N+]([O-])c1ccc2c(c1)C(Br)=NC2.O=[N+]([O-])c1ccc2c(c1)C(C1=CCC=N1)=NC2. The zero-order valence-corrected chi connectivity index (χ0v) is 20.9. The van der Waals surface area contributed by atoms with Crippen molar-refractivity contribution in [3.8, 4) is 0 Å². The Hall–Kier alpha value is -4.12. The van der Waals surface area contributed by atoms with Gasteiger partial charge in [0.15, 0.2) is 0 Å². The van der Waals surface area contributed by atoms with Gasteiger partial charge in [-0.15, -0.1) is 0 Å². The van der Waals surface area contributed by atoms with Gasteiger partial charge in [0.2, 0.25) is 0 Å². The molecule has 2 aromatic carbocycles. The standard InChI is InChI=1S/C12H9N3O2.C8H5BrN2O2.C5H7N/c16-15(17)9-4-3-8-7-14-12(10(8)6-9)11-2-1-5-13-11;9-8-7-3-6(11(12)13)2-1-5(7)4-10-8;1-5-3-2-4-6-5/h2-6H,1,7H2;1-3H,4H2;3-4H,2H2,1H3. The quantitative estimate of drug-likeness (QED) is 0.349. The molecule has 0 bridgehead atoms. The van der Waals surface area contributed by atoms with Gasteiger partial charge in [0.1, 0.15) is 4.62 Å². The number of allylic oxidation sites excluding steroid dienone is 4. The minimum absolute atomic E-state index is 0.0981. The molecule has 4 aliphatic heterocycles. The number of nitrogens with zero attached hydrogens (tertiary/aromatic N) is 6. The van der Waals surface area contributed by atoms with Crippen LogP contribution >= 0.6 is 15.9 Å². The summed E-state index contributed by atoms with van der Waals surface area (Å²) >= 11 is 3.25. The highest BCUT2D eigenvalue weighted by molar-refractivity contribution is 9.18. The predicted octanol–water partition coefficient (Wildman–Crippen LogP) is 5.87. The van der Waals surface area contributed by atoms with Crippen molar-refractivity contribution < 1.29 is 9.85 Å². The number of hydrogen-bond acceptors (Lipinski definition) is 8. The second kappa shape index (κ2) is 11.1. The zero-order chi connectivity index (χ0) is 25.7. The Morgan fingerprint density at radius 2 is 1.39 bits per heavy atom. The molecule has 2 aromatic rings. The Labute approximate surface area is 215 Å². The fourth-order valence-electron chi connectivity index (χ4n) is 3.75. The van der Waals surface area contributed by atoms with Crippen LogP contribution in [0.3, 0.4) is 0 Å². The molecule has 0 aromatic heterocycles. The summed E-state index contributed by atoms with van der Waals surface area (Å²) in [7, 11) is 0. The van der Waals surface area contributed by atoms with E-state index in [4.69, 9.17) is 0 Å². The van der Waals surface area contributed by atoms with E-state index >= 15 is 0 Å². The molecule has 0 radical (unpaired) electrons. The summed E-state index contributed by atoms with van der Waals surface area (Å²) in [6.45, 7) is 3.19. The number of halogens is 1. The molecule has 36 heavy (non-hydrogen) atoms. The first kappa shape index (κ1) is 25.0. The van der Waals surface area contributed by atoms with E-state index in [1.807, 2.05) is 25.4 Å². The van der Waals surface area contributed by atoms with Gasteiger partial charge in [0.05, 0.1) is 34.3 Å². The lowest BCUT2D eigenvalue weighted by Gasteiger charge is -2.02. The Bertz CT molecular complexity index is 1420. The van der Waals surface area contributed by atoms with Crippen molar-refractivity contribution >= 4 is 50.1 Å². The molecule has 0 atom stereocenters. The van der Waals surface area contributed by atoms with Crippen LogP contribution in [0.5, 0.6) is 0 Å². The van der Waals surface area contributed by atoms with Gasteiger partial charge < -0.3 is 0 Å². The summed E-state index contributed by atoms with van der Waals surface area (Å²) in [5, 5.41) is 21.2. The molecule has 10 nitrogen and oxygen atoms in total. The third-order valence-electron chi connectivity index (χ3n) is 5.58. The Morgan fingerprint density at radius 1 is 0.806 bits per heavy atom. The number of nitro groups is 2. The third-order valence-corrected chi connectivity index (χ3v) is 6.26. The first-order valence-corrected chi connectivity index (χ1v) is 11.8. The van der Waals surface area contributed by atoms with Gasteiger partial charge in [-0.05, 0) is 46.1 Å². The highest BCUT2D eigenvalue weighted by Crippen LogP contribution is 2.28. The Kier molecular flexibility index (Phi) is 7.69. The predicted molar refractivity (Wildman–Crippen MR) is 144 cm³/mol. The van der Waals surface area contributed by atoms with Crippen molar-refractivity contribution in [1.29, 1.82) is 0 Å². The van der Waals surface area contributed by atoms with E-state index in [-0.39, 0.29) is 16.3 Å². The van der Waals surface area contributed by atoms with E-state index < -0.39 is 4.92 Å². The first-order chi connectivity index (χ1) is 17.3. The number of fused-ring (bicyclic) bond motifs is 2. The summed E-state index contributed by atoms with van der Waals surface area (Å²) in [4.78, 5) is 37.1. The van der Waals surface area contributed by atoms with Gasteiger partial charge in [-0.2, -0.15) is 0 Å². The number of nitro benzene ring substituents is 2. The lowest BCUT2D eigenvalue weighted by atomic mass is 10.0. The van der Waals surface area contributed by atoms with Crippen LogP contribution in [0.2, 0.25) is 0 Å². The van der Waals surface area contributed by atoms with Crippen LogP contribution in [-0.2, 0) is 13.1 Å². The molecule has 0 N–H and O–H groups in total. The van der Waals surface area contributed by atoms with Gasteiger partial charge in [-0.3, -0.25) is 40.2 Å². The van der Waals surface area contributed by atoms with Gasteiger partial charge in [-0.1, -0.05) is 12.2 Å². The van der Waals surface area contributed by atoms with Crippen molar-refractivity contribution in [3.05, 3.63) is 102 Å². The molecule has 0 fully saturated rings. The molecule has 0 aliphatic carbocycles. The summed E-state index contributed by atoms with van der Waals surface area (Å²) in [5.41, 5.74) is 6.66. The Morgan fingerprint density at radius 3 is 1.92 bits per heavy atom. The molecule has 11 heteroatoms. The van der Waals surface area contributed by atoms with Crippen molar-refractivity contribution in [3.63, 3.8) is 0 Å². The number of hydrogen-bond donors (Lipinski definition) is 0. The van der Waals surface area contributed by atoms with Crippen LogP contribution in [0.25, 0.3) is 0 Å². The largest absolute Gasteiger partial charge is 0.278 e. The molecular weight excluding hydrogens is 528 g/mol. The van der Waals surface area contributed by atoms with Crippen molar-refractivity contribution in [2.45, 2.75) is 32.9 Å². The van der Waals surface area contributed by atoms with E-state index in [0.29, 0.717) is 17.7 Å². The molecule has 4 heterocycles. The topological polar surface area (TPSA) is 136 Å². The molecule has 4 aliphatic rings. The maximum absolute atomic E-state index is 10.8. The van der Waals surface area contributed by atoms with Crippen molar-refractivity contribution in [2.75, 3.05) is 0 Å². The Balaban J connectivity index is 0.000000141. The molecule has 0 unspecified atom stereocenters. The maximum Gasteiger partial charge on any atom is 0.270 e. The summed E-state index contributed by atoms with van der Waals surface area (Å²) in [5.74, 6) is 0. The number of benzene rings is 2. The highest BCUT2D eigenvalue weighted by atomic mass is 79.9. The normalized spacial score (nSPS) is 15.9. The average Bonchev–Trinajstić information content (AvgIpc) is 3.67. The second-order valence-corrected chi connectivity index (χ2v) is 8.75. The zero-order valence-electron chi connectivity index (χ0n) is 19.3. The number of non-ortho nitro benzene ring substituents is 2. The van der Waals surface area contributed by atoms with Crippen LogP contribution in [0.15, 0.2) is 79.9 Å². The number of rotatable bonds is 3. The molecular formula is C25H21BrN6O4. The van der Waals surface area contributed by atoms with Crippen LogP contribution in [0.4, 0.5) is 11.4 Å². The minimum Gasteiger partial charge on any atom is -0.278 e. The van der Waals surface area contributed by atoms with E-state index in [0.717, 1.165) is 52.2 Å². The van der Waals surface area contributed by atoms with Crippen molar-refractivity contribution in [1.82, 2.24) is 0 Å². The molecule has 6 rings (SSSR count). The minimum atomic E-state index is -0.404. The van der Waals surface area contributed by atoms with Gasteiger partial charge in [-0.25, -0.2) is 0 Å². The van der Waals surface area contributed by atoms with Gasteiger partial charge in [0.25, 0.3) is 11.4 Å². The fourth-order valence-corrected chi connectivity index (χ4v) is 4.25. The fraction of sp³-hybridized carbons (Fsp3) is 0.200. The second-order valence-electron chi connectivity index (χ2n) is 8.00. The molecule has 0 saturated carbocycles. The lowest BCUT2D eigenvalue weighted by molar-refractivity contribution is -0.385. The van der Waals surface area contributed by atoms with E-state index in [1.54, 1.807) is 18.2 Å². The highest BCUT2D eigenvalue weighted by Gasteiger charge is 2.22. The average molecular weight is 549 g/mol. The van der Waals surface area contributed by atoms with E-state index in [9.17, 15) is 20.2 Å². The summed E-state index contributed by atoms with van der Waals surface area (Å²) in [6.07, 6.45) is 9.64. The molecule has 182 valence electrons. The van der Waals surface area contributed by atoms with E-state index in [1.165, 1.54) is 18.2 Å². The van der Waals surface area contributed by atoms with Gasteiger partial charge in [0, 0.05) is 66.4 Å². The number of aliphatic imine (C=N–C) groups is 4. The van der Waals surface area contributed by atoms with Crippen LogP contribution < -0.4 is 0 Å². The van der Waals surface area contributed by atoms with E-state index in [2.05, 4.69) is 42.0 Å². The van der Waals surface area contributed by atoms with Crippen LogP contribution in [0, 0.1) is 20.2 Å². The summed E-state index contributed by atoms with van der Waals surface area (Å²) in [6, 6.07) is 9.64. The van der Waals surface area contributed by atoms with Crippen molar-refractivity contribution in [2.24, 2.45) is 20.0 Å². The monoisotopic (exact) mass is 548 g/mol. The molecule has 0 amide bonds. The smallest absolute Gasteiger partial charge is 0.270 e. The first-order valence-electron chi connectivity index (χ1n) is 11.1. The van der Waals surface area contributed by atoms with Gasteiger partial charge >= 0.3 is 0 Å². The molecule has 0 saturated heterocycles. The lowest BCUT2D eigenvalue weighted by Crippen LogP contribution is -2.01. The maximum atomic E-state index is 10.8. The van der Waals surface area contributed by atoms with Crippen LogP contribution in [-0.4, -0.2) is 32.6 Å². The summed E-state index contributed by atoms with van der Waals surface area (Å²) < 4.78 is 0.700.